The monoisotopic (exact) mass is 1150 g/mol. The molecular weight excluding hydrogens is 1100 g/mol. The van der Waals surface area contributed by atoms with Crippen molar-refractivity contribution in [2.45, 2.75) is 59.7 Å². The lowest BCUT2D eigenvalue weighted by atomic mass is 9.77. The van der Waals surface area contributed by atoms with Crippen molar-refractivity contribution in [3.63, 3.8) is 0 Å². The van der Waals surface area contributed by atoms with Crippen LogP contribution in [-0.2, 0) is 44.5 Å². The van der Waals surface area contributed by atoms with Gasteiger partial charge in [0.05, 0.1) is 53.0 Å². The van der Waals surface area contributed by atoms with Crippen LogP contribution < -0.4 is 20.4 Å². The third-order valence-corrected chi connectivity index (χ3v) is 18.3. The maximum Gasteiger partial charge on any atom is 0.316 e. The number of anilines is 2. The van der Waals surface area contributed by atoms with Crippen LogP contribution in [0.15, 0.2) is 139 Å². The molecule has 2 N–H and O–H groups in total. The van der Waals surface area contributed by atoms with E-state index in [2.05, 4.69) is 44.7 Å². The Bertz CT molecular complexity index is 3010. The van der Waals surface area contributed by atoms with Crippen LogP contribution in [0.3, 0.4) is 0 Å². The highest BCUT2D eigenvalue weighted by molar-refractivity contribution is 8.04. The molecule has 11 nitrogen and oxygen atoms in total. The second-order valence-corrected chi connectivity index (χ2v) is 24.5. The molecule has 6 aromatic rings. The molecule has 3 saturated heterocycles. The number of amides is 2. The Hall–Kier alpha value is -4.52. The molecule has 2 aromatic heterocycles. The van der Waals surface area contributed by atoms with Crippen LogP contribution in [0.25, 0.3) is 0 Å². The van der Waals surface area contributed by atoms with Crippen LogP contribution in [-0.4, -0.2) is 81.4 Å². The molecule has 74 heavy (non-hydrogen) atoms. The number of thioether (sulfide) groups is 2. The summed E-state index contributed by atoms with van der Waals surface area (Å²) in [6, 6.07) is 30.4. The Morgan fingerprint density at radius 2 is 1.14 bits per heavy atom. The summed E-state index contributed by atoms with van der Waals surface area (Å²) in [6.45, 7) is 11.5. The molecule has 19 heteroatoms. The van der Waals surface area contributed by atoms with E-state index in [1.54, 1.807) is 68.5 Å². The van der Waals surface area contributed by atoms with Crippen LogP contribution in [0.5, 0.6) is 0 Å². The van der Waals surface area contributed by atoms with Gasteiger partial charge in [0.1, 0.15) is 15.9 Å². The molecule has 4 aliphatic heterocycles. The first-order valence-corrected chi connectivity index (χ1v) is 28.9. The lowest BCUT2D eigenvalue weighted by molar-refractivity contribution is -0.149. The summed E-state index contributed by atoms with van der Waals surface area (Å²) in [4.78, 5) is 59.9. The van der Waals surface area contributed by atoms with E-state index in [1.165, 1.54) is 11.3 Å². The van der Waals surface area contributed by atoms with Gasteiger partial charge in [-0.15, -0.1) is 11.8 Å². The van der Waals surface area contributed by atoms with Gasteiger partial charge in [-0.25, -0.2) is 0 Å². The van der Waals surface area contributed by atoms with Gasteiger partial charge in [0.15, 0.2) is 5.78 Å². The fraction of sp³-hybridized carbons (Fsp3) is 0.309. The first-order valence-electron chi connectivity index (χ1n) is 23.8. The molecule has 3 unspecified atom stereocenters. The third kappa shape index (κ3) is 12.0. The second kappa shape index (κ2) is 23.4. The van der Waals surface area contributed by atoms with Gasteiger partial charge in [-0.3, -0.25) is 19.2 Å². The standard InChI is InChI=1S/C30H30Cl2N2O4S2.C25H22Cl2N2O3S2/c1-29(2,3)28(36)38-24-17-30(20-10-15-39-18-20,19-4-7-22(8-5-19)34-11-13-37-14-12-34)33-27(35)26(24)40-25-16-21(31)6-9-23(25)32;26-18-3-6-20(27)22(13-18)34-23-21(30)14-25(28-24(23)31,17-7-12-33-15-17)16-1-4-19(5-2-16)29-8-10-32-11-9-29/h4-10,15-16,18H,11-14,17H2,1-3H3,(H,33,35);1-7,12-13,15,23H,8-11,14H2,(H,28,31). The van der Waals surface area contributed by atoms with Gasteiger partial charge in [0.2, 0.25) is 5.91 Å². The molecule has 3 atom stereocenters. The summed E-state index contributed by atoms with van der Waals surface area (Å²) < 4.78 is 17.0. The summed E-state index contributed by atoms with van der Waals surface area (Å²) in [5.41, 5.74) is 3.18. The molecule has 0 spiro atoms. The Morgan fingerprint density at radius 3 is 1.61 bits per heavy atom. The number of nitrogens with one attached hydrogen (secondary N) is 2. The number of rotatable bonds is 11. The minimum atomic E-state index is -0.934. The number of Topliss-reactive ketones (excluding diaryl/α,β-unsaturated/α-hetero) is 1. The fourth-order valence-corrected chi connectivity index (χ4v) is 13.5. The van der Waals surface area contributed by atoms with E-state index in [9.17, 15) is 19.2 Å². The van der Waals surface area contributed by atoms with E-state index < -0.39 is 27.7 Å². The topological polar surface area (TPSA) is 127 Å². The number of hydrogen-bond donors (Lipinski definition) is 2. The molecule has 0 radical (unpaired) electrons. The maximum absolute atomic E-state index is 14.0. The van der Waals surface area contributed by atoms with Gasteiger partial charge in [0, 0.05) is 70.2 Å². The first kappa shape index (κ1) is 54.3. The molecule has 4 aromatic carbocycles. The van der Waals surface area contributed by atoms with Crippen LogP contribution in [0.2, 0.25) is 20.1 Å². The molecule has 0 bridgehead atoms. The van der Waals surface area contributed by atoms with Crippen molar-refractivity contribution in [1.29, 1.82) is 0 Å². The summed E-state index contributed by atoms with van der Waals surface area (Å²) in [5, 5.41) is 15.4. The van der Waals surface area contributed by atoms with Gasteiger partial charge >= 0.3 is 5.97 Å². The molecule has 10 rings (SSSR count). The highest BCUT2D eigenvalue weighted by atomic mass is 35.5. The average molecular weight is 1150 g/mol. The number of esters is 1. The minimum absolute atomic E-state index is 0.145. The van der Waals surface area contributed by atoms with Crippen LogP contribution in [0.1, 0.15) is 55.9 Å². The van der Waals surface area contributed by atoms with Crippen LogP contribution in [0, 0.1) is 5.41 Å². The Labute approximate surface area is 467 Å². The number of halogens is 4. The molecule has 386 valence electrons. The zero-order chi connectivity index (χ0) is 52.2. The van der Waals surface area contributed by atoms with Crippen molar-refractivity contribution in [2.24, 2.45) is 5.41 Å². The van der Waals surface area contributed by atoms with E-state index in [0.717, 1.165) is 83.3 Å². The highest BCUT2D eigenvalue weighted by Crippen LogP contribution is 2.47. The summed E-state index contributed by atoms with van der Waals surface area (Å²) in [7, 11) is 0. The zero-order valence-electron chi connectivity index (χ0n) is 40.6. The first-order chi connectivity index (χ1) is 35.5. The van der Waals surface area contributed by atoms with E-state index in [4.69, 9.17) is 60.6 Å². The maximum atomic E-state index is 14.0. The number of ketones is 1. The SMILES string of the molecule is CC(C)(C)C(=O)OC1=C(Sc2cc(Cl)ccc2Cl)C(=O)NC(c2ccc(N3CCOCC3)cc2)(c2ccsc2)C1.O=C1CC(c2ccc(N3CCOCC3)cc2)(c2ccsc2)NC(=O)C1Sc1cc(Cl)ccc1Cl. The van der Waals surface area contributed by atoms with E-state index >= 15 is 0 Å². The predicted molar refractivity (Wildman–Crippen MR) is 301 cm³/mol. The van der Waals surface area contributed by atoms with Gasteiger partial charge in [0.25, 0.3) is 5.91 Å². The normalized spacial score (nSPS) is 21.4. The van der Waals surface area contributed by atoms with Crippen LogP contribution >= 0.6 is 92.6 Å². The largest absolute Gasteiger partial charge is 0.429 e. The molecule has 3 fully saturated rings. The number of carbonyl (C=O) groups excluding carboxylic acids is 4. The molecule has 2 amide bonds. The molecule has 0 aliphatic carbocycles. The van der Waals surface area contributed by atoms with Gasteiger partial charge in [-0.05, 0) is 137 Å². The summed E-state index contributed by atoms with van der Waals surface area (Å²) in [5.74, 6) is -0.955. The lowest BCUT2D eigenvalue weighted by Crippen LogP contribution is -2.57. The quantitative estimate of drug-likeness (QED) is 0.0951. The molecule has 6 heterocycles. The van der Waals surface area contributed by atoms with E-state index in [0.29, 0.717) is 62.1 Å². The number of ether oxygens (including phenoxy) is 3. The van der Waals surface area contributed by atoms with Gasteiger partial charge in [-0.1, -0.05) is 82.4 Å². The zero-order valence-corrected chi connectivity index (χ0v) is 46.9. The Balaban J connectivity index is 0.000000184. The smallest absolute Gasteiger partial charge is 0.316 e. The number of morpholine rings is 2. The van der Waals surface area contributed by atoms with Crippen molar-refractivity contribution >= 4 is 128 Å². The minimum Gasteiger partial charge on any atom is -0.429 e. The van der Waals surface area contributed by atoms with Gasteiger partial charge < -0.3 is 34.6 Å². The van der Waals surface area contributed by atoms with E-state index in [-0.39, 0.29) is 35.3 Å². The molecule has 0 saturated carbocycles. The highest BCUT2D eigenvalue weighted by Gasteiger charge is 2.48. The Kier molecular flexibility index (Phi) is 17.2. The van der Waals surface area contributed by atoms with Crippen LogP contribution in [0.4, 0.5) is 11.4 Å². The summed E-state index contributed by atoms with van der Waals surface area (Å²) >= 11 is 30.4. The number of benzene rings is 4. The number of piperidine rings is 1. The van der Waals surface area contributed by atoms with Crippen molar-refractivity contribution in [3.8, 4) is 0 Å². The fourth-order valence-electron chi connectivity index (χ4n) is 9.09. The molecule has 4 aliphatic rings. The lowest BCUT2D eigenvalue weighted by Gasteiger charge is -2.40. The number of thiophene rings is 2. The van der Waals surface area contributed by atoms with Crippen molar-refractivity contribution in [1.82, 2.24) is 10.6 Å². The Morgan fingerprint density at radius 1 is 0.649 bits per heavy atom. The number of carbonyl (C=O) groups is 4. The number of nitrogens with zero attached hydrogens (tertiary/aromatic N) is 2. The predicted octanol–water partition coefficient (Wildman–Crippen LogP) is 12.6. The van der Waals surface area contributed by atoms with Crippen molar-refractivity contribution in [2.75, 3.05) is 62.4 Å². The van der Waals surface area contributed by atoms with Crippen molar-refractivity contribution in [3.05, 3.63) is 172 Å². The summed E-state index contributed by atoms with van der Waals surface area (Å²) in [6.07, 6.45) is 0.400. The number of hydrogen-bond acceptors (Lipinski definition) is 13. The van der Waals surface area contributed by atoms with Crippen molar-refractivity contribution < 1.29 is 33.4 Å². The molecular formula is C55H52Cl4N4O7S4. The average Bonchev–Trinajstić information content (AvgIpc) is 4.17. The second-order valence-electron chi connectivity index (χ2n) is 19.0. The third-order valence-electron chi connectivity index (χ3n) is 13.1. The van der Waals surface area contributed by atoms with Gasteiger partial charge in [-0.2, -0.15) is 22.7 Å². The van der Waals surface area contributed by atoms with E-state index in [1.807, 2.05) is 57.9 Å².